The fraction of sp³-hybridized carbons (Fsp3) is 0.636. The molecule has 3 aromatic rings. The van der Waals surface area contributed by atoms with Crippen LogP contribution in [0.15, 0.2) is 6.07 Å². The summed E-state index contributed by atoms with van der Waals surface area (Å²) in [6.45, 7) is 5.34. The Morgan fingerprint density at radius 1 is 1.10 bits per heavy atom. The topological polar surface area (TPSA) is 115 Å². The maximum atomic E-state index is 16.8. The number of nitrogens with two attached hydrogens (primary N) is 1. The summed E-state index contributed by atoms with van der Waals surface area (Å²) < 4.78 is 101. The quantitative estimate of drug-likeness (QED) is 0.344. The third-order valence-corrected chi connectivity index (χ3v) is 11.6. The van der Waals surface area contributed by atoms with E-state index < -0.39 is 52.5 Å². The van der Waals surface area contributed by atoms with Gasteiger partial charge in [0.1, 0.15) is 34.3 Å². The number of ether oxygens (including phenoxy) is 2. The van der Waals surface area contributed by atoms with E-state index in [-0.39, 0.29) is 71.1 Å². The van der Waals surface area contributed by atoms with Crippen LogP contribution in [0.1, 0.15) is 50.3 Å². The minimum absolute atomic E-state index is 0.0110. The second-order valence-electron chi connectivity index (χ2n) is 15.0. The monoisotopic (exact) mass is 690 g/mol. The summed E-state index contributed by atoms with van der Waals surface area (Å²) in [6, 6.07) is 0.816. The molecular weight excluding hydrogens is 654 g/mol. The summed E-state index contributed by atoms with van der Waals surface area (Å²) in [5, 5.41) is 3.78. The Labute approximate surface area is 277 Å². The minimum Gasteiger partial charge on any atom is -0.472 e. The molecule has 2 saturated carbocycles. The van der Waals surface area contributed by atoms with Crippen molar-refractivity contribution in [1.29, 1.82) is 0 Å². The predicted octanol–water partition coefficient (Wildman–Crippen LogP) is 4.97. The Bertz CT molecular complexity index is 1870. The van der Waals surface area contributed by atoms with Crippen molar-refractivity contribution in [3.63, 3.8) is 0 Å². The first-order valence-corrected chi connectivity index (χ1v) is 16.9. The van der Waals surface area contributed by atoms with Gasteiger partial charge in [0.2, 0.25) is 5.88 Å². The number of nitrogens with zero attached hydrogens (tertiary/aromatic N) is 6. The number of fused-ring (bicyclic) bond motifs is 6. The van der Waals surface area contributed by atoms with Crippen LogP contribution in [0, 0.1) is 30.0 Å². The first-order chi connectivity index (χ1) is 23.2. The number of piperazine rings is 1. The average Bonchev–Trinajstić information content (AvgIpc) is 3.59. The number of hydrogen-bond donors (Lipinski definition) is 2. The molecule has 10 nitrogen and oxygen atoms in total. The van der Waals surface area contributed by atoms with Crippen molar-refractivity contribution < 1.29 is 35.8 Å². The van der Waals surface area contributed by atoms with Gasteiger partial charge in [-0.05, 0) is 51.5 Å². The molecule has 0 radical (unpaired) electrons. The van der Waals surface area contributed by atoms with E-state index in [1.165, 1.54) is 0 Å². The second-order valence-corrected chi connectivity index (χ2v) is 15.0. The first-order valence-electron chi connectivity index (χ1n) is 16.9. The van der Waals surface area contributed by atoms with Crippen LogP contribution in [-0.2, 0) is 6.18 Å². The lowest BCUT2D eigenvalue weighted by Crippen LogP contribution is -2.62. The van der Waals surface area contributed by atoms with Crippen molar-refractivity contribution in [3.8, 4) is 23.1 Å². The highest BCUT2D eigenvalue weighted by atomic mass is 19.4. The molecule has 0 amide bonds. The van der Waals surface area contributed by atoms with Gasteiger partial charge in [0.05, 0.1) is 23.9 Å². The molecule has 49 heavy (non-hydrogen) atoms. The number of likely N-dealkylation sites (tertiary alicyclic amines) is 1. The fourth-order valence-corrected chi connectivity index (χ4v) is 9.11. The Kier molecular flexibility index (Phi) is 6.67. The molecular formula is C33H36F6N8O2. The minimum atomic E-state index is -4.88. The third-order valence-electron chi connectivity index (χ3n) is 11.6. The number of halogens is 6. The van der Waals surface area contributed by atoms with Crippen molar-refractivity contribution in [2.45, 2.75) is 82.3 Å². The van der Waals surface area contributed by atoms with Crippen LogP contribution in [0.4, 0.5) is 38.0 Å². The van der Waals surface area contributed by atoms with E-state index in [9.17, 15) is 22.0 Å². The Balaban J connectivity index is 1.13. The highest BCUT2D eigenvalue weighted by Crippen LogP contribution is 2.54. The number of nitrogens with one attached hydrogen (secondary N) is 1. The molecule has 0 spiro atoms. The molecule has 6 aliphatic rings. The van der Waals surface area contributed by atoms with Crippen molar-refractivity contribution in [1.82, 2.24) is 30.2 Å². The van der Waals surface area contributed by atoms with E-state index in [1.54, 1.807) is 0 Å². The summed E-state index contributed by atoms with van der Waals surface area (Å²) in [5.74, 6) is -4.24. The van der Waals surface area contributed by atoms with Gasteiger partial charge in [0, 0.05) is 61.6 Å². The maximum Gasteiger partial charge on any atom is 0.418 e. The van der Waals surface area contributed by atoms with Crippen molar-refractivity contribution in [2.24, 2.45) is 17.3 Å². The number of rotatable bonds is 6. The van der Waals surface area contributed by atoms with E-state index in [4.69, 9.17) is 20.2 Å². The van der Waals surface area contributed by atoms with Gasteiger partial charge in [0.25, 0.3) is 5.92 Å². The number of aromatic nitrogens is 4. The normalized spacial score (nSPS) is 30.7. The molecule has 2 aliphatic carbocycles. The number of alkyl halides is 5. The molecule has 16 heteroatoms. The van der Waals surface area contributed by atoms with Crippen LogP contribution in [-0.4, -0.2) is 87.8 Å². The van der Waals surface area contributed by atoms with E-state index in [2.05, 4.69) is 30.1 Å². The lowest BCUT2D eigenvalue weighted by molar-refractivity contribution is -0.152. The van der Waals surface area contributed by atoms with E-state index in [1.807, 2.05) is 6.92 Å². The second kappa shape index (κ2) is 10.4. The number of aryl methyl sites for hydroxylation is 1. The lowest BCUT2D eigenvalue weighted by atomic mass is 9.72. The van der Waals surface area contributed by atoms with Gasteiger partial charge >= 0.3 is 12.2 Å². The van der Waals surface area contributed by atoms with Crippen LogP contribution in [0.3, 0.4) is 0 Å². The standard InChI is InChI=1S/C33H36F6N8O2/c1-14-23(33(37,38)39)18(7-21(40)41-14)25-24(34)26-22-28(47-10-17-3-4-20(42-17)27(47)15(2)49-29(22)43-25)45-30(44-26)48-13-31(5-6-31)12-46-9-16-8-32(35,36)19(16)11-46/h7,15-17,19-20,27,42H,3-6,8-13H2,1-2H3,(H2,40,41)/t15-,16?,17+,19?,20-,27+/m0/s1. The van der Waals surface area contributed by atoms with Gasteiger partial charge in [-0.2, -0.15) is 23.1 Å². The molecule has 2 unspecified atom stereocenters. The van der Waals surface area contributed by atoms with Crippen LogP contribution in [0.25, 0.3) is 22.2 Å². The zero-order valence-corrected chi connectivity index (χ0v) is 27.0. The van der Waals surface area contributed by atoms with Crippen LogP contribution in [0.2, 0.25) is 0 Å². The Morgan fingerprint density at radius 3 is 2.61 bits per heavy atom. The van der Waals surface area contributed by atoms with Crippen molar-refractivity contribution >= 4 is 22.5 Å². The molecule has 3 aromatic heterocycles. The van der Waals surface area contributed by atoms with Crippen LogP contribution in [0.5, 0.6) is 11.9 Å². The van der Waals surface area contributed by atoms with Gasteiger partial charge in [-0.25, -0.2) is 23.1 Å². The zero-order chi connectivity index (χ0) is 34.2. The number of hydrogen-bond acceptors (Lipinski definition) is 10. The molecule has 0 aromatic carbocycles. The average molecular weight is 691 g/mol. The van der Waals surface area contributed by atoms with Gasteiger partial charge < -0.3 is 30.3 Å². The van der Waals surface area contributed by atoms with Crippen molar-refractivity contribution in [2.75, 3.05) is 43.4 Å². The summed E-state index contributed by atoms with van der Waals surface area (Å²) in [5.41, 5.74) is 2.56. The van der Waals surface area contributed by atoms with Gasteiger partial charge in [-0.15, -0.1) is 0 Å². The Hall–Kier alpha value is -3.66. The predicted molar refractivity (Wildman–Crippen MR) is 166 cm³/mol. The van der Waals surface area contributed by atoms with Crippen LogP contribution < -0.4 is 25.4 Å². The van der Waals surface area contributed by atoms with Gasteiger partial charge in [-0.1, -0.05) is 0 Å². The first kappa shape index (κ1) is 31.3. The van der Waals surface area contributed by atoms with E-state index in [0.29, 0.717) is 32.0 Å². The molecule has 9 rings (SSSR count). The maximum absolute atomic E-state index is 16.8. The largest absolute Gasteiger partial charge is 0.472 e. The molecule has 2 bridgehead atoms. The molecule has 4 aliphatic heterocycles. The fourth-order valence-electron chi connectivity index (χ4n) is 9.11. The van der Waals surface area contributed by atoms with Crippen LogP contribution >= 0.6 is 0 Å². The molecule has 5 fully saturated rings. The van der Waals surface area contributed by atoms with E-state index >= 15 is 4.39 Å². The number of nitrogen functional groups attached to an aromatic ring is 1. The summed E-state index contributed by atoms with van der Waals surface area (Å²) in [4.78, 5) is 21.6. The summed E-state index contributed by atoms with van der Waals surface area (Å²) in [6.07, 6.45) is -1.95. The lowest BCUT2D eigenvalue weighted by Gasteiger charge is -2.42. The third kappa shape index (κ3) is 4.98. The number of anilines is 2. The van der Waals surface area contributed by atoms with E-state index in [0.717, 1.165) is 38.7 Å². The molecule has 3 saturated heterocycles. The van der Waals surface area contributed by atoms with Gasteiger partial charge in [-0.3, -0.25) is 0 Å². The highest BCUT2D eigenvalue weighted by molar-refractivity contribution is 5.97. The van der Waals surface area contributed by atoms with Gasteiger partial charge in [0.15, 0.2) is 5.82 Å². The van der Waals surface area contributed by atoms with Crippen molar-refractivity contribution in [3.05, 3.63) is 23.1 Å². The molecule has 7 heterocycles. The zero-order valence-electron chi connectivity index (χ0n) is 27.0. The SMILES string of the molecule is Cc1nc(N)cc(-c2nc3c4c(nc(OCC5(CN6CC7CC(F)(F)C7C6)CC5)nc4c2F)N2C[C@H]4CC[C@H](N4)[C@H]2[C@H](C)O3)c1C(F)(F)F. The smallest absolute Gasteiger partial charge is 0.418 e. The highest BCUT2D eigenvalue weighted by Gasteiger charge is 2.60. The summed E-state index contributed by atoms with van der Waals surface area (Å²) >= 11 is 0. The molecule has 3 N–H and O–H groups in total. The summed E-state index contributed by atoms with van der Waals surface area (Å²) in [7, 11) is 0. The molecule has 6 atom stereocenters. The number of pyridine rings is 2. The Morgan fingerprint density at radius 2 is 1.90 bits per heavy atom. The molecule has 262 valence electrons.